The maximum Gasteiger partial charge on any atom is 0.239 e. The molecule has 0 saturated carbocycles. The number of carbonyl (C=O) groups is 1. The summed E-state index contributed by atoms with van der Waals surface area (Å²) in [6, 6.07) is 6.99. The van der Waals surface area contributed by atoms with Crippen LogP contribution in [0.15, 0.2) is 29.3 Å². The fraction of sp³-hybridized carbons (Fsp3) is 0.636. The van der Waals surface area contributed by atoms with E-state index in [1.165, 1.54) is 6.07 Å². The summed E-state index contributed by atoms with van der Waals surface area (Å²) in [5, 5.41) is 3.46. The Morgan fingerprint density at radius 2 is 1.90 bits per heavy atom. The van der Waals surface area contributed by atoms with Crippen molar-refractivity contribution in [3.63, 3.8) is 0 Å². The molecule has 3 rings (SSSR count). The number of hydrogen-bond acceptors (Lipinski definition) is 4. The number of nitrogens with one attached hydrogen (secondary N) is 1. The van der Waals surface area contributed by atoms with E-state index in [-0.39, 0.29) is 41.7 Å². The van der Waals surface area contributed by atoms with E-state index in [1.807, 2.05) is 26.2 Å². The number of piperazine rings is 1. The Morgan fingerprint density at radius 1 is 1.19 bits per heavy atom. The number of aliphatic imine (C=N–C) groups is 1. The molecule has 31 heavy (non-hydrogen) atoms. The molecule has 174 valence electrons. The molecule has 0 aromatic heterocycles. The maximum absolute atomic E-state index is 14.0. The molecule has 2 saturated heterocycles. The minimum atomic E-state index is -0.165. The van der Waals surface area contributed by atoms with Crippen molar-refractivity contribution in [1.82, 2.24) is 20.0 Å². The lowest BCUT2D eigenvalue weighted by Crippen LogP contribution is -2.53. The van der Waals surface area contributed by atoms with Crippen LogP contribution in [0.4, 0.5) is 10.1 Å². The van der Waals surface area contributed by atoms with Crippen LogP contribution < -0.4 is 10.2 Å². The van der Waals surface area contributed by atoms with E-state index in [9.17, 15) is 9.18 Å². The largest absolute Gasteiger partial charge is 0.366 e. The van der Waals surface area contributed by atoms with Crippen molar-refractivity contribution < 1.29 is 9.18 Å². The third kappa shape index (κ3) is 6.68. The topological polar surface area (TPSA) is 54.4 Å². The summed E-state index contributed by atoms with van der Waals surface area (Å²) in [7, 11) is 5.46. The SMILES string of the molecule is CN=C(NCCCN1CCCC1C(=O)N(C)C)N1CCN(c2ccccc2F)CC1.I. The number of para-hydroxylation sites is 1. The van der Waals surface area contributed by atoms with E-state index < -0.39 is 0 Å². The number of halogens is 2. The molecule has 0 aliphatic carbocycles. The summed E-state index contributed by atoms with van der Waals surface area (Å²) in [4.78, 5) is 25.1. The summed E-state index contributed by atoms with van der Waals surface area (Å²) in [5.74, 6) is 0.941. The van der Waals surface area contributed by atoms with Crippen molar-refractivity contribution in [3.8, 4) is 0 Å². The van der Waals surface area contributed by atoms with Gasteiger partial charge < -0.3 is 20.0 Å². The van der Waals surface area contributed by atoms with Gasteiger partial charge in [0, 0.05) is 60.4 Å². The standard InChI is InChI=1S/C22H35FN6O.HI/c1-24-22(25-11-7-13-27-12-6-10-20(27)21(30)26(2)3)29-16-14-28(15-17-29)19-9-5-4-8-18(19)23;/h4-5,8-9,20H,6-7,10-17H2,1-3H3,(H,24,25);1H. The molecule has 2 aliphatic heterocycles. The predicted molar refractivity (Wildman–Crippen MR) is 135 cm³/mol. The number of hydrogen-bond donors (Lipinski definition) is 1. The van der Waals surface area contributed by atoms with Gasteiger partial charge in [0.25, 0.3) is 0 Å². The van der Waals surface area contributed by atoms with E-state index >= 15 is 0 Å². The molecule has 1 amide bonds. The lowest BCUT2D eigenvalue weighted by atomic mass is 10.2. The lowest BCUT2D eigenvalue weighted by molar-refractivity contribution is -0.133. The summed E-state index contributed by atoms with van der Waals surface area (Å²) in [5.41, 5.74) is 0.674. The Bertz CT molecular complexity index is 738. The molecule has 2 fully saturated rings. The Kier molecular flexibility index (Phi) is 10.3. The molecular weight excluding hydrogens is 510 g/mol. The van der Waals surface area contributed by atoms with E-state index in [0.29, 0.717) is 5.69 Å². The monoisotopic (exact) mass is 546 g/mol. The van der Waals surface area contributed by atoms with E-state index in [1.54, 1.807) is 18.0 Å². The number of likely N-dealkylation sites (N-methyl/N-ethyl adjacent to an activating group) is 1. The highest BCUT2D eigenvalue weighted by molar-refractivity contribution is 14.0. The normalized spacial score (nSPS) is 19.9. The second kappa shape index (κ2) is 12.4. The highest BCUT2D eigenvalue weighted by Crippen LogP contribution is 2.20. The van der Waals surface area contributed by atoms with Gasteiger partial charge in [0.05, 0.1) is 11.7 Å². The second-order valence-electron chi connectivity index (χ2n) is 8.18. The molecule has 7 nitrogen and oxygen atoms in total. The quantitative estimate of drug-likeness (QED) is 0.257. The number of anilines is 1. The molecule has 2 aliphatic rings. The van der Waals surface area contributed by atoms with Gasteiger partial charge in [0.2, 0.25) is 5.91 Å². The highest BCUT2D eigenvalue weighted by Gasteiger charge is 2.31. The van der Waals surface area contributed by atoms with Crippen molar-refractivity contribution >= 4 is 41.5 Å². The van der Waals surface area contributed by atoms with Crippen molar-refractivity contribution in [3.05, 3.63) is 30.1 Å². The third-order valence-electron chi connectivity index (χ3n) is 5.98. The zero-order valence-electron chi connectivity index (χ0n) is 18.9. The fourth-order valence-corrected chi connectivity index (χ4v) is 4.35. The van der Waals surface area contributed by atoms with Crippen LogP contribution in [0.5, 0.6) is 0 Å². The van der Waals surface area contributed by atoms with Gasteiger partial charge in [-0.2, -0.15) is 0 Å². The molecule has 1 atom stereocenters. The van der Waals surface area contributed by atoms with Crippen molar-refractivity contribution in [1.29, 1.82) is 0 Å². The van der Waals surface area contributed by atoms with Crippen molar-refractivity contribution in [2.24, 2.45) is 4.99 Å². The van der Waals surface area contributed by atoms with Gasteiger partial charge >= 0.3 is 0 Å². The van der Waals surface area contributed by atoms with Crippen LogP contribution in [0, 0.1) is 5.82 Å². The van der Waals surface area contributed by atoms with Crippen LogP contribution in [-0.2, 0) is 4.79 Å². The smallest absolute Gasteiger partial charge is 0.239 e. The van der Waals surface area contributed by atoms with Crippen molar-refractivity contribution in [2.75, 3.05) is 71.9 Å². The number of guanidine groups is 1. The zero-order chi connectivity index (χ0) is 21.5. The first kappa shape index (κ1) is 25.6. The minimum Gasteiger partial charge on any atom is -0.366 e. The second-order valence-corrected chi connectivity index (χ2v) is 8.18. The molecule has 1 aromatic rings. The van der Waals surface area contributed by atoms with Crippen LogP contribution in [0.3, 0.4) is 0 Å². The van der Waals surface area contributed by atoms with E-state index in [2.05, 4.69) is 25.0 Å². The van der Waals surface area contributed by atoms with Gasteiger partial charge in [0.15, 0.2) is 5.96 Å². The fourth-order valence-electron chi connectivity index (χ4n) is 4.35. The predicted octanol–water partition coefficient (Wildman–Crippen LogP) is 2.08. The van der Waals surface area contributed by atoms with Crippen LogP contribution >= 0.6 is 24.0 Å². The maximum atomic E-state index is 14.0. The van der Waals surface area contributed by atoms with Gasteiger partial charge in [-0.1, -0.05) is 12.1 Å². The summed E-state index contributed by atoms with van der Waals surface area (Å²) in [6.07, 6.45) is 3.01. The van der Waals surface area contributed by atoms with Crippen molar-refractivity contribution in [2.45, 2.75) is 25.3 Å². The highest BCUT2D eigenvalue weighted by atomic mass is 127. The van der Waals surface area contributed by atoms with Gasteiger partial charge in [-0.25, -0.2) is 4.39 Å². The number of likely N-dealkylation sites (tertiary alicyclic amines) is 1. The summed E-state index contributed by atoms with van der Waals surface area (Å²) in [6.45, 7) is 5.87. The van der Waals surface area contributed by atoms with Crippen LogP contribution in [0.2, 0.25) is 0 Å². The lowest BCUT2D eigenvalue weighted by Gasteiger charge is -2.37. The Balaban J connectivity index is 0.00000341. The molecule has 0 spiro atoms. The molecule has 1 unspecified atom stereocenters. The average Bonchev–Trinajstić information content (AvgIpc) is 3.22. The molecule has 1 N–H and O–H groups in total. The molecule has 1 aromatic carbocycles. The Labute approximate surface area is 202 Å². The van der Waals surface area contributed by atoms with Gasteiger partial charge in [0.1, 0.15) is 5.82 Å². The number of carbonyl (C=O) groups excluding carboxylic acids is 1. The zero-order valence-corrected chi connectivity index (χ0v) is 21.2. The van der Waals surface area contributed by atoms with Gasteiger partial charge in [-0.15, -0.1) is 24.0 Å². The number of rotatable bonds is 6. The summed E-state index contributed by atoms with van der Waals surface area (Å²) < 4.78 is 14.0. The first-order valence-electron chi connectivity index (χ1n) is 10.9. The van der Waals surface area contributed by atoms with Gasteiger partial charge in [-0.3, -0.25) is 14.7 Å². The summed E-state index contributed by atoms with van der Waals surface area (Å²) >= 11 is 0. The first-order valence-corrected chi connectivity index (χ1v) is 10.9. The van der Waals surface area contributed by atoms with Gasteiger partial charge in [-0.05, 0) is 37.9 Å². The molecule has 2 heterocycles. The molecule has 0 bridgehead atoms. The number of nitrogens with zero attached hydrogens (tertiary/aromatic N) is 5. The van der Waals surface area contributed by atoms with Crippen LogP contribution in [0.1, 0.15) is 19.3 Å². The Hall–Kier alpha value is -1.62. The molecule has 9 heteroatoms. The number of amides is 1. The number of benzene rings is 1. The van der Waals surface area contributed by atoms with Crippen LogP contribution in [0.25, 0.3) is 0 Å². The molecular formula is C22H36FIN6O. The van der Waals surface area contributed by atoms with E-state index in [4.69, 9.17) is 0 Å². The minimum absolute atomic E-state index is 0. The van der Waals surface area contributed by atoms with Crippen LogP contribution in [-0.4, -0.2) is 99.6 Å². The molecule has 0 radical (unpaired) electrons. The first-order chi connectivity index (χ1) is 14.5. The third-order valence-corrected chi connectivity index (χ3v) is 5.98. The average molecular weight is 546 g/mol. The van der Waals surface area contributed by atoms with E-state index in [0.717, 1.165) is 71.0 Å². The Morgan fingerprint density at radius 3 is 2.55 bits per heavy atom.